The molecule has 2 N–H and O–H groups in total. The summed E-state index contributed by atoms with van der Waals surface area (Å²) in [6, 6.07) is 0. The van der Waals surface area contributed by atoms with E-state index in [0.717, 1.165) is 18.3 Å². The summed E-state index contributed by atoms with van der Waals surface area (Å²) in [5.74, 6) is 0. The first-order valence-corrected chi connectivity index (χ1v) is 4.91. The summed E-state index contributed by atoms with van der Waals surface area (Å²) < 4.78 is 36.4. The molecule has 0 saturated heterocycles. The van der Waals surface area contributed by atoms with Gasteiger partial charge in [-0.3, -0.25) is 0 Å². The molecule has 0 aliphatic carbocycles. The summed E-state index contributed by atoms with van der Waals surface area (Å²) in [6.07, 6.45) is -4.22. The number of nitrogens with two attached hydrogens (primary N) is 1. The second-order valence-electron chi connectivity index (χ2n) is 2.21. The minimum absolute atomic E-state index is 0.178. The Morgan fingerprint density at radius 2 is 2.08 bits per heavy atom. The Morgan fingerprint density at radius 1 is 1.46 bits per heavy atom. The average Bonchev–Trinajstić information content (AvgIpc) is 2.33. The van der Waals surface area contributed by atoms with E-state index in [2.05, 4.69) is 10.2 Å². The van der Waals surface area contributed by atoms with Gasteiger partial charge >= 0.3 is 6.18 Å². The van der Waals surface area contributed by atoms with Gasteiger partial charge in [0.05, 0.1) is 0 Å². The van der Waals surface area contributed by atoms with Gasteiger partial charge in [-0.05, 0) is 6.92 Å². The summed E-state index contributed by atoms with van der Waals surface area (Å²) in [5, 5.41) is 5.58. The smallest absolute Gasteiger partial charge is 0.374 e. The summed E-state index contributed by atoms with van der Waals surface area (Å²) >= 11 is 1.56. The van der Waals surface area contributed by atoms with E-state index in [0.29, 0.717) is 11.8 Å². The number of rotatable bonds is 2. The topological polar surface area (TPSA) is 51.8 Å². The fourth-order valence-electron chi connectivity index (χ4n) is 0.486. The van der Waals surface area contributed by atoms with Crippen molar-refractivity contribution in [2.75, 3.05) is 5.73 Å². The summed E-state index contributed by atoms with van der Waals surface area (Å²) in [4.78, 5) is 0. The van der Waals surface area contributed by atoms with Gasteiger partial charge in [-0.2, -0.15) is 13.2 Å². The van der Waals surface area contributed by atoms with E-state index in [1.807, 2.05) is 0 Å². The number of halogens is 3. The number of hydrogen-bond acceptors (Lipinski definition) is 5. The van der Waals surface area contributed by atoms with Crippen LogP contribution in [0.3, 0.4) is 0 Å². The van der Waals surface area contributed by atoms with Gasteiger partial charge in [0.15, 0.2) is 4.34 Å². The van der Waals surface area contributed by atoms with Gasteiger partial charge in [0.25, 0.3) is 0 Å². The monoisotopic (exact) mass is 229 g/mol. The van der Waals surface area contributed by atoms with Gasteiger partial charge in [0, 0.05) is 0 Å². The molecular weight excluding hydrogens is 223 g/mol. The van der Waals surface area contributed by atoms with Crippen molar-refractivity contribution in [3.8, 4) is 0 Å². The van der Waals surface area contributed by atoms with Gasteiger partial charge in [0.1, 0.15) is 5.25 Å². The molecule has 1 unspecified atom stereocenters. The molecule has 0 fully saturated rings. The molecule has 1 atom stereocenters. The number of nitrogens with zero attached hydrogens (tertiary/aromatic N) is 2. The molecule has 0 aromatic carbocycles. The molecule has 8 heteroatoms. The third-order valence-corrected chi connectivity index (χ3v) is 3.15. The molecule has 0 aliphatic rings. The van der Waals surface area contributed by atoms with Gasteiger partial charge in [-0.25, -0.2) is 0 Å². The molecule has 0 amide bonds. The summed E-state index contributed by atoms with van der Waals surface area (Å²) in [5.41, 5.74) is 5.21. The molecule has 74 valence electrons. The summed E-state index contributed by atoms with van der Waals surface area (Å²) in [6.45, 7) is 1.07. The van der Waals surface area contributed by atoms with Crippen molar-refractivity contribution in [1.29, 1.82) is 0 Å². The van der Waals surface area contributed by atoms with Crippen LogP contribution < -0.4 is 5.73 Å². The van der Waals surface area contributed by atoms with Crippen LogP contribution in [0.25, 0.3) is 0 Å². The first kappa shape index (κ1) is 10.6. The zero-order valence-corrected chi connectivity index (χ0v) is 8.13. The third kappa shape index (κ3) is 3.03. The van der Waals surface area contributed by atoms with Crippen LogP contribution in [0.15, 0.2) is 4.34 Å². The predicted molar refractivity (Wildman–Crippen MR) is 45.7 cm³/mol. The molecule has 0 aliphatic heterocycles. The highest BCUT2D eigenvalue weighted by Crippen LogP contribution is 2.36. The molecule has 0 spiro atoms. The molecule has 13 heavy (non-hydrogen) atoms. The lowest BCUT2D eigenvalue weighted by Gasteiger charge is -2.12. The second-order valence-corrected chi connectivity index (χ2v) is 4.80. The van der Waals surface area contributed by atoms with Crippen molar-refractivity contribution in [1.82, 2.24) is 10.2 Å². The Balaban J connectivity index is 2.60. The lowest BCUT2D eigenvalue weighted by Crippen LogP contribution is -2.21. The van der Waals surface area contributed by atoms with Crippen molar-refractivity contribution >= 4 is 28.2 Å². The highest BCUT2D eigenvalue weighted by atomic mass is 32.2. The maximum Gasteiger partial charge on any atom is 0.400 e. The van der Waals surface area contributed by atoms with Crippen molar-refractivity contribution in [3.05, 3.63) is 0 Å². The largest absolute Gasteiger partial charge is 0.400 e. The minimum Gasteiger partial charge on any atom is -0.374 e. The molecule has 1 heterocycles. The van der Waals surface area contributed by atoms with Crippen molar-refractivity contribution in [2.24, 2.45) is 0 Å². The van der Waals surface area contributed by atoms with E-state index in [-0.39, 0.29) is 9.47 Å². The Hall–Kier alpha value is -0.500. The van der Waals surface area contributed by atoms with E-state index in [9.17, 15) is 13.2 Å². The average molecular weight is 229 g/mol. The van der Waals surface area contributed by atoms with Crippen molar-refractivity contribution in [2.45, 2.75) is 22.7 Å². The molecule has 0 saturated carbocycles. The highest BCUT2D eigenvalue weighted by Gasteiger charge is 2.37. The maximum absolute atomic E-state index is 12.0. The molecule has 0 bridgehead atoms. The zero-order valence-electron chi connectivity index (χ0n) is 6.50. The van der Waals surface area contributed by atoms with Crippen molar-refractivity contribution < 1.29 is 13.2 Å². The normalized spacial score (nSPS) is 14.5. The van der Waals surface area contributed by atoms with E-state index in [1.165, 1.54) is 0 Å². The fourth-order valence-corrected chi connectivity index (χ4v) is 2.23. The number of aromatic nitrogens is 2. The molecule has 1 aromatic heterocycles. The van der Waals surface area contributed by atoms with Crippen LogP contribution in [0.5, 0.6) is 0 Å². The first-order valence-electron chi connectivity index (χ1n) is 3.22. The lowest BCUT2D eigenvalue weighted by atomic mass is 10.5. The number of anilines is 1. The molecule has 3 nitrogen and oxygen atoms in total. The van der Waals surface area contributed by atoms with E-state index >= 15 is 0 Å². The van der Waals surface area contributed by atoms with Crippen LogP contribution in [-0.2, 0) is 0 Å². The zero-order chi connectivity index (χ0) is 10.1. The van der Waals surface area contributed by atoms with Crippen LogP contribution in [0.2, 0.25) is 0 Å². The second kappa shape index (κ2) is 3.70. The van der Waals surface area contributed by atoms with E-state index < -0.39 is 11.4 Å². The highest BCUT2D eigenvalue weighted by molar-refractivity contribution is 8.01. The number of alkyl halides is 3. The maximum atomic E-state index is 12.0. The Labute approximate surface area is 80.5 Å². The summed E-state index contributed by atoms with van der Waals surface area (Å²) in [7, 11) is 0. The van der Waals surface area contributed by atoms with Gasteiger partial charge in [-0.1, -0.05) is 23.1 Å². The van der Waals surface area contributed by atoms with Crippen LogP contribution in [0.1, 0.15) is 6.92 Å². The number of nitrogen functional groups attached to an aromatic ring is 1. The van der Waals surface area contributed by atoms with Gasteiger partial charge in [-0.15, -0.1) is 10.2 Å². The van der Waals surface area contributed by atoms with Crippen LogP contribution in [-0.4, -0.2) is 21.6 Å². The van der Waals surface area contributed by atoms with E-state index in [1.54, 1.807) is 0 Å². The predicted octanol–water partition coefficient (Wildman–Crippen LogP) is 2.16. The minimum atomic E-state index is -4.22. The first-order chi connectivity index (χ1) is 5.89. The number of thioether (sulfide) groups is 1. The fraction of sp³-hybridized carbons (Fsp3) is 0.600. The van der Waals surface area contributed by atoms with E-state index in [4.69, 9.17) is 5.73 Å². The Bertz CT molecular complexity index is 285. The standard InChI is InChI=1S/C5H6F3N3S2/c1-2(5(6,7)8)12-4-11-10-3(9)13-4/h2H,1H3,(H2,9,10). The Kier molecular flexibility index (Phi) is 3.01. The Morgan fingerprint density at radius 3 is 2.46 bits per heavy atom. The number of hydrogen-bond donors (Lipinski definition) is 1. The van der Waals surface area contributed by atoms with Gasteiger partial charge in [0.2, 0.25) is 5.13 Å². The van der Waals surface area contributed by atoms with Crippen LogP contribution >= 0.6 is 23.1 Å². The SMILES string of the molecule is CC(Sc1nnc(N)s1)C(F)(F)F. The van der Waals surface area contributed by atoms with Gasteiger partial charge < -0.3 is 5.73 Å². The van der Waals surface area contributed by atoms with Crippen LogP contribution in [0.4, 0.5) is 18.3 Å². The molecule has 1 rings (SSSR count). The van der Waals surface area contributed by atoms with Crippen molar-refractivity contribution in [3.63, 3.8) is 0 Å². The lowest BCUT2D eigenvalue weighted by molar-refractivity contribution is -0.125. The quantitative estimate of drug-likeness (QED) is 0.789. The van der Waals surface area contributed by atoms with Crippen LogP contribution in [0, 0.1) is 0 Å². The molecule has 0 radical (unpaired) electrons. The third-order valence-electron chi connectivity index (χ3n) is 1.16. The molecule has 1 aromatic rings. The molecular formula is C5H6F3N3S2.